The van der Waals surface area contributed by atoms with Gasteiger partial charge in [-0.05, 0) is 36.2 Å². The molecule has 0 aromatic heterocycles. The Morgan fingerprint density at radius 1 is 1.04 bits per heavy atom. The van der Waals surface area contributed by atoms with E-state index in [0.29, 0.717) is 12.3 Å². The van der Waals surface area contributed by atoms with Crippen molar-refractivity contribution in [1.82, 2.24) is 10.6 Å². The first kappa shape index (κ1) is 20.2. The van der Waals surface area contributed by atoms with E-state index in [4.69, 9.17) is 9.47 Å². The Hall–Kier alpha value is -3.09. The molecule has 2 aromatic rings. The second-order valence-corrected chi connectivity index (χ2v) is 6.04. The molecule has 144 valence electrons. The third-order valence-electron chi connectivity index (χ3n) is 3.76. The van der Waals surface area contributed by atoms with Crippen molar-refractivity contribution in [3.05, 3.63) is 42.5 Å². The minimum absolute atomic E-state index is 0.281. The topological polar surface area (TPSA) is 93.7 Å². The highest BCUT2D eigenvalue weighted by atomic mass is 16.6. The Bertz CT molecular complexity index is 806. The zero-order chi connectivity index (χ0) is 19.6. The van der Waals surface area contributed by atoms with Gasteiger partial charge in [-0.3, -0.25) is 9.59 Å². The van der Waals surface area contributed by atoms with E-state index in [1.165, 1.54) is 0 Å². The van der Waals surface area contributed by atoms with Crippen LogP contribution in [0, 0.1) is 0 Å². The molecule has 0 radical (unpaired) electrons. The molecule has 0 aliphatic heterocycles. The van der Waals surface area contributed by atoms with Crippen LogP contribution in [-0.2, 0) is 19.1 Å². The number of hydrogen-bond acceptors (Lipinski definition) is 5. The molecule has 2 amide bonds. The van der Waals surface area contributed by atoms with Crippen molar-refractivity contribution in [2.75, 3.05) is 19.8 Å². The van der Waals surface area contributed by atoms with Crippen LogP contribution in [0.25, 0.3) is 10.8 Å². The van der Waals surface area contributed by atoms with Crippen LogP contribution in [0.2, 0.25) is 0 Å². The van der Waals surface area contributed by atoms with Gasteiger partial charge in [-0.1, -0.05) is 37.3 Å². The lowest BCUT2D eigenvalue weighted by Gasteiger charge is -2.14. The molecule has 2 rings (SSSR count). The summed E-state index contributed by atoms with van der Waals surface area (Å²) in [6.07, 6.45) is 0.807. The van der Waals surface area contributed by atoms with E-state index in [0.717, 1.165) is 17.2 Å². The maximum atomic E-state index is 11.7. The highest BCUT2D eigenvalue weighted by molar-refractivity contribution is 5.88. The first-order valence-corrected chi connectivity index (χ1v) is 8.84. The van der Waals surface area contributed by atoms with Crippen LogP contribution in [0.1, 0.15) is 20.3 Å². The van der Waals surface area contributed by atoms with Crippen LogP contribution in [0.4, 0.5) is 0 Å². The Kier molecular flexibility index (Phi) is 7.61. The molecule has 0 fully saturated rings. The number of ether oxygens (including phenoxy) is 2. The van der Waals surface area contributed by atoms with E-state index in [1.54, 1.807) is 13.0 Å². The summed E-state index contributed by atoms with van der Waals surface area (Å²) in [6.45, 7) is 3.26. The van der Waals surface area contributed by atoms with Crippen LogP contribution < -0.4 is 15.4 Å². The smallest absolute Gasteiger partial charge is 0.344 e. The first-order chi connectivity index (χ1) is 13.0. The van der Waals surface area contributed by atoms with Gasteiger partial charge in [-0.25, -0.2) is 4.79 Å². The van der Waals surface area contributed by atoms with Gasteiger partial charge in [0.05, 0.1) is 0 Å². The van der Waals surface area contributed by atoms with Gasteiger partial charge in [-0.15, -0.1) is 0 Å². The lowest BCUT2D eigenvalue weighted by atomic mass is 10.1. The molecular formula is C20H24N2O5. The largest absolute Gasteiger partial charge is 0.482 e. The van der Waals surface area contributed by atoms with Crippen LogP contribution in [0.15, 0.2) is 42.5 Å². The molecule has 0 heterocycles. The van der Waals surface area contributed by atoms with E-state index in [9.17, 15) is 14.4 Å². The average Bonchev–Trinajstić information content (AvgIpc) is 2.68. The standard InChI is InChI=1S/C20H24N2O5/c1-3-10-21-20(25)14(2)22-18(23)12-27-19(24)13-26-17-9-8-15-6-4-5-7-16(15)11-17/h4-9,11,14H,3,10,12-13H2,1-2H3,(H,21,25)(H,22,23)/t14-/m0/s1. The van der Waals surface area contributed by atoms with Gasteiger partial charge in [0, 0.05) is 6.54 Å². The number of nitrogens with one attached hydrogen (secondary N) is 2. The molecule has 0 aliphatic carbocycles. The summed E-state index contributed by atoms with van der Waals surface area (Å²) in [5, 5.41) is 7.21. The van der Waals surface area contributed by atoms with E-state index in [-0.39, 0.29) is 12.5 Å². The fourth-order valence-electron chi connectivity index (χ4n) is 2.34. The van der Waals surface area contributed by atoms with Gasteiger partial charge in [-0.2, -0.15) is 0 Å². The molecule has 0 bridgehead atoms. The summed E-state index contributed by atoms with van der Waals surface area (Å²) in [5.74, 6) is -0.956. The number of fused-ring (bicyclic) bond motifs is 1. The lowest BCUT2D eigenvalue weighted by Crippen LogP contribution is -2.46. The number of esters is 1. The van der Waals surface area contributed by atoms with Gasteiger partial charge in [0.25, 0.3) is 5.91 Å². The Balaban J connectivity index is 1.72. The van der Waals surface area contributed by atoms with Gasteiger partial charge in [0.2, 0.25) is 5.91 Å². The van der Waals surface area contributed by atoms with Crippen LogP contribution in [-0.4, -0.2) is 43.6 Å². The van der Waals surface area contributed by atoms with Crippen LogP contribution in [0.5, 0.6) is 5.75 Å². The van der Waals surface area contributed by atoms with Crippen LogP contribution >= 0.6 is 0 Å². The molecule has 0 saturated heterocycles. The molecule has 0 aliphatic rings. The summed E-state index contributed by atoms with van der Waals surface area (Å²) < 4.78 is 10.3. The minimum Gasteiger partial charge on any atom is -0.482 e. The zero-order valence-electron chi connectivity index (χ0n) is 15.5. The number of hydrogen-bond donors (Lipinski definition) is 2. The summed E-state index contributed by atoms with van der Waals surface area (Å²) in [5.41, 5.74) is 0. The van der Waals surface area contributed by atoms with Crippen molar-refractivity contribution >= 4 is 28.6 Å². The van der Waals surface area contributed by atoms with Crippen molar-refractivity contribution < 1.29 is 23.9 Å². The lowest BCUT2D eigenvalue weighted by molar-refractivity contribution is -0.150. The third-order valence-corrected chi connectivity index (χ3v) is 3.76. The van der Waals surface area contributed by atoms with E-state index >= 15 is 0 Å². The second kappa shape index (κ2) is 10.2. The molecule has 0 spiro atoms. The van der Waals surface area contributed by atoms with Crippen molar-refractivity contribution in [3.63, 3.8) is 0 Å². The average molecular weight is 372 g/mol. The first-order valence-electron chi connectivity index (χ1n) is 8.84. The van der Waals surface area contributed by atoms with Crippen molar-refractivity contribution in [2.45, 2.75) is 26.3 Å². The van der Waals surface area contributed by atoms with Crippen molar-refractivity contribution in [1.29, 1.82) is 0 Å². The predicted molar refractivity (Wildman–Crippen MR) is 101 cm³/mol. The van der Waals surface area contributed by atoms with Crippen molar-refractivity contribution in [3.8, 4) is 5.75 Å². The fourth-order valence-corrected chi connectivity index (χ4v) is 2.34. The Morgan fingerprint density at radius 3 is 2.52 bits per heavy atom. The van der Waals surface area contributed by atoms with E-state index in [1.807, 2.05) is 43.3 Å². The highest BCUT2D eigenvalue weighted by Crippen LogP contribution is 2.20. The highest BCUT2D eigenvalue weighted by Gasteiger charge is 2.16. The van der Waals surface area contributed by atoms with Gasteiger partial charge in [0.15, 0.2) is 13.2 Å². The number of carbonyl (C=O) groups excluding carboxylic acids is 3. The SMILES string of the molecule is CCCNC(=O)[C@H](C)NC(=O)COC(=O)COc1ccc2ccccc2c1. The Labute approximate surface area is 158 Å². The van der Waals surface area contributed by atoms with E-state index < -0.39 is 24.5 Å². The maximum Gasteiger partial charge on any atom is 0.344 e. The maximum absolute atomic E-state index is 11.7. The van der Waals surface area contributed by atoms with Crippen LogP contribution in [0.3, 0.4) is 0 Å². The van der Waals surface area contributed by atoms with Gasteiger partial charge < -0.3 is 20.1 Å². The fraction of sp³-hybridized carbons (Fsp3) is 0.350. The normalized spacial score (nSPS) is 11.5. The summed E-state index contributed by atoms with van der Waals surface area (Å²) in [7, 11) is 0. The van der Waals surface area contributed by atoms with Crippen molar-refractivity contribution in [2.24, 2.45) is 0 Å². The summed E-state index contributed by atoms with van der Waals surface area (Å²) >= 11 is 0. The molecule has 0 unspecified atom stereocenters. The van der Waals surface area contributed by atoms with Gasteiger partial charge in [0.1, 0.15) is 11.8 Å². The molecule has 7 nitrogen and oxygen atoms in total. The molecule has 1 atom stereocenters. The van der Waals surface area contributed by atoms with E-state index in [2.05, 4.69) is 10.6 Å². The molecule has 7 heteroatoms. The second-order valence-electron chi connectivity index (χ2n) is 6.04. The molecule has 0 saturated carbocycles. The number of benzene rings is 2. The number of rotatable bonds is 9. The molecule has 2 aromatic carbocycles. The third kappa shape index (κ3) is 6.62. The molecular weight excluding hydrogens is 348 g/mol. The zero-order valence-corrected chi connectivity index (χ0v) is 15.5. The Morgan fingerprint density at radius 2 is 1.78 bits per heavy atom. The number of amides is 2. The summed E-state index contributed by atoms with van der Waals surface area (Å²) in [4.78, 5) is 35.2. The minimum atomic E-state index is -0.698. The van der Waals surface area contributed by atoms with Gasteiger partial charge >= 0.3 is 5.97 Å². The predicted octanol–water partition coefficient (Wildman–Crippen LogP) is 1.79. The number of carbonyl (C=O) groups is 3. The molecule has 27 heavy (non-hydrogen) atoms. The molecule has 2 N–H and O–H groups in total. The summed E-state index contributed by atoms with van der Waals surface area (Å²) in [6, 6.07) is 12.6. The quantitative estimate of drug-likeness (QED) is 0.655. The monoisotopic (exact) mass is 372 g/mol.